The number of carbonyl (C=O) groups is 4. The Hall–Kier alpha value is -6.10. The molecule has 622 valence electrons. The lowest BCUT2D eigenvalue weighted by Gasteiger charge is -2.21. The van der Waals surface area contributed by atoms with Crippen LogP contribution in [0.2, 0.25) is 0 Å². The first-order valence-electron chi connectivity index (χ1n) is 41.7. The standard InChI is InChI=1S/C91H146O17P2/c1-5-9-13-17-21-25-29-33-36-39-42-45-48-52-55-59-63-67-71-75-88(93)101-81-86(107-90(95)77-73-69-65-61-57-51-32-28-24-20-16-12-8-4)83-105-109(97,98)103-79-85(92)80-104-110(99,100)106-84-87(108-91(96)78-74-70-66-62-58-54-50-47-44-41-38-35-31-27-23-19-15-11-7-3)82-102-89(94)76-72-68-64-60-56-53-49-46-43-40-37-34-30-26-22-18-14-10-6-2/h9-10,13-14,16,20-23,25-28,32-38,42-47,52-53,55-56,64,68,85-87,92H,5-8,11-12,15,17-19,24,29-31,39-41,48-51,54,57-63,65-67,69-84H2,1-4H3,(H,97,98)(H,99,100)/b13-9-,14-10-,20-16-,25-21-,26-22-,27-23-,32-28-,36-33-,37-34-,38-35-,45-42-,46-43-,47-44-,55-52-,56-53-,68-64-. The number of hydrogen-bond acceptors (Lipinski definition) is 15. The Bertz CT molecular complexity index is 2850. The lowest BCUT2D eigenvalue weighted by molar-refractivity contribution is -0.161. The fourth-order valence-corrected chi connectivity index (χ4v) is 11.8. The molecule has 0 rings (SSSR count). The summed E-state index contributed by atoms with van der Waals surface area (Å²) in [7, 11) is -10.0. The Labute approximate surface area is 666 Å². The average Bonchev–Trinajstić information content (AvgIpc) is 0.900. The molecule has 0 aromatic carbocycles. The van der Waals surface area contributed by atoms with Crippen LogP contribution in [-0.4, -0.2) is 96.7 Å². The minimum Gasteiger partial charge on any atom is -0.462 e. The summed E-state index contributed by atoms with van der Waals surface area (Å²) in [6.45, 7) is 4.39. The number of allylic oxidation sites excluding steroid dienone is 32. The number of esters is 4. The zero-order valence-corrected chi connectivity index (χ0v) is 69.9. The van der Waals surface area contributed by atoms with Crippen molar-refractivity contribution in [3.63, 3.8) is 0 Å². The van der Waals surface area contributed by atoms with Gasteiger partial charge >= 0.3 is 39.5 Å². The van der Waals surface area contributed by atoms with E-state index >= 15 is 0 Å². The normalized spacial score (nSPS) is 14.8. The molecule has 19 heteroatoms. The van der Waals surface area contributed by atoms with E-state index in [1.165, 1.54) is 19.3 Å². The first-order valence-corrected chi connectivity index (χ1v) is 44.7. The SMILES string of the molecule is CC/C=C\C/C=C\C/C=C\C/C=C\C/C=C\C/C=C\CCC(=O)OCC(COP(=O)(O)OCC(O)COP(=O)(O)OCC(COC(=O)CCCCC/C=C\C/C=C\C/C=C\C/C=C\C/C=C\CC)OC(=O)CCCCCCC/C=C\C/C=C\CCC)OC(=O)CCCCCCCC/C=C\C/C=C\C/C=C\CCCCC. The van der Waals surface area contributed by atoms with Gasteiger partial charge < -0.3 is 33.8 Å². The Kier molecular flexibility index (Phi) is 76.4. The molecule has 0 aromatic heterocycles. The number of ether oxygens (including phenoxy) is 4. The van der Waals surface area contributed by atoms with Gasteiger partial charge in [0.05, 0.1) is 26.4 Å². The van der Waals surface area contributed by atoms with E-state index in [0.717, 1.165) is 193 Å². The van der Waals surface area contributed by atoms with Crippen LogP contribution in [0.25, 0.3) is 0 Å². The number of rotatable bonds is 76. The number of hydrogen-bond donors (Lipinski definition) is 3. The topological polar surface area (TPSA) is 237 Å². The monoisotopic (exact) mass is 1570 g/mol. The zero-order chi connectivity index (χ0) is 80.3. The van der Waals surface area contributed by atoms with Crippen LogP contribution in [0.4, 0.5) is 0 Å². The molecule has 0 amide bonds. The van der Waals surface area contributed by atoms with Crippen LogP contribution in [-0.2, 0) is 65.4 Å². The Morgan fingerprint density at radius 1 is 0.264 bits per heavy atom. The van der Waals surface area contributed by atoms with Crippen molar-refractivity contribution in [3.05, 3.63) is 194 Å². The molecule has 0 aliphatic carbocycles. The minimum absolute atomic E-state index is 0.0251. The summed E-state index contributed by atoms with van der Waals surface area (Å²) in [5.41, 5.74) is 0. The van der Waals surface area contributed by atoms with Gasteiger partial charge in [0.15, 0.2) is 12.2 Å². The van der Waals surface area contributed by atoms with Crippen LogP contribution in [0.1, 0.15) is 297 Å². The van der Waals surface area contributed by atoms with Gasteiger partial charge in [-0.1, -0.05) is 293 Å². The highest BCUT2D eigenvalue weighted by Crippen LogP contribution is 2.45. The number of aliphatic hydroxyl groups is 1. The molecular weight excluding hydrogens is 1430 g/mol. The zero-order valence-electron chi connectivity index (χ0n) is 68.1. The first kappa shape index (κ1) is 104. The first-order chi connectivity index (χ1) is 53.7. The van der Waals surface area contributed by atoms with Crippen molar-refractivity contribution in [2.75, 3.05) is 39.6 Å². The molecular formula is C91H146O17P2. The van der Waals surface area contributed by atoms with E-state index in [4.69, 9.17) is 37.0 Å². The lowest BCUT2D eigenvalue weighted by atomic mass is 10.1. The molecule has 0 aliphatic heterocycles. The van der Waals surface area contributed by atoms with E-state index in [9.17, 15) is 43.2 Å². The van der Waals surface area contributed by atoms with Gasteiger partial charge in [0.2, 0.25) is 0 Å². The smallest absolute Gasteiger partial charge is 0.462 e. The quantitative estimate of drug-likeness (QED) is 0.0169. The fraction of sp³-hybridized carbons (Fsp3) is 0.604. The molecule has 0 aliphatic rings. The highest BCUT2D eigenvalue weighted by atomic mass is 31.2. The molecule has 3 N–H and O–H groups in total. The molecule has 0 saturated carbocycles. The van der Waals surface area contributed by atoms with E-state index < -0.39 is 97.5 Å². The minimum atomic E-state index is -5.01. The summed E-state index contributed by atoms with van der Waals surface area (Å²) in [5.74, 6) is -2.36. The number of unbranched alkanes of at least 4 members (excludes halogenated alkanes) is 18. The van der Waals surface area contributed by atoms with Crippen LogP contribution >= 0.6 is 15.6 Å². The highest BCUT2D eigenvalue weighted by Gasteiger charge is 2.30. The molecule has 0 saturated heterocycles. The van der Waals surface area contributed by atoms with E-state index in [-0.39, 0.29) is 25.7 Å². The van der Waals surface area contributed by atoms with Crippen LogP contribution in [0.15, 0.2) is 194 Å². The predicted molar refractivity (Wildman–Crippen MR) is 454 cm³/mol. The van der Waals surface area contributed by atoms with Crippen molar-refractivity contribution in [1.82, 2.24) is 0 Å². The van der Waals surface area contributed by atoms with Crippen LogP contribution < -0.4 is 0 Å². The van der Waals surface area contributed by atoms with E-state index in [2.05, 4.69) is 204 Å². The summed E-state index contributed by atoms with van der Waals surface area (Å²) < 4.78 is 68.6. The second kappa shape index (κ2) is 80.9. The maximum absolute atomic E-state index is 13.1. The number of phosphoric acid groups is 2. The maximum Gasteiger partial charge on any atom is 0.472 e. The molecule has 0 radical (unpaired) electrons. The van der Waals surface area contributed by atoms with Gasteiger partial charge in [0, 0.05) is 25.7 Å². The van der Waals surface area contributed by atoms with Crippen LogP contribution in [0, 0.1) is 0 Å². The number of phosphoric ester groups is 2. The number of aliphatic hydroxyl groups excluding tert-OH is 1. The van der Waals surface area contributed by atoms with Crippen LogP contribution in [0.5, 0.6) is 0 Å². The molecule has 0 bridgehead atoms. The van der Waals surface area contributed by atoms with Crippen molar-refractivity contribution in [2.45, 2.75) is 316 Å². The lowest BCUT2D eigenvalue weighted by Crippen LogP contribution is -2.30. The summed E-state index contributed by atoms with van der Waals surface area (Å²) in [5, 5.41) is 10.7. The average molecular weight is 1570 g/mol. The Balaban J connectivity index is 5.50. The van der Waals surface area contributed by atoms with Gasteiger partial charge in [-0.15, -0.1) is 0 Å². The number of carbonyl (C=O) groups excluding carboxylic acids is 4. The third-order valence-electron chi connectivity index (χ3n) is 16.5. The van der Waals surface area contributed by atoms with Gasteiger partial charge in [0.1, 0.15) is 19.3 Å². The molecule has 0 aromatic rings. The second-order valence-corrected chi connectivity index (χ2v) is 29.8. The molecule has 5 atom stereocenters. The fourth-order valence-electron chi connectivity index (χ4n) is 10.3. The Morgan fingerprint density at radius 2 is 0.509 bits per heavy atom. The molecule has 0 spiro atoms. The molecule has 0 heterocycles. The van der Waals surface area contributed by atoms with Gasteiger partial charge in [-0.3, -0.25) is 37.3 Å². The van der Waals surface area contributed by atoms with Gasteiger partial charge in [0.25, 0.3) is 0 Å². The molecule has 110 heavy (non-hydrogen) atoms. The van der Waals surface area contributed by atoms with E-state index in [1.807, 2.05) is 18.2 Å². The van der Waals surface area contributed by atoms with Gasteiger partial charge in [-0.25, -0.2) is 9.13 Å². The summed E-state index contributed by atoms with van der Waals surface area (Å²) in [4.78, 5) is 73.2. The van der Waals surface area contributed by atoms with Gasteiger partial charge in [-0.2, -0.15) is 0 Å². The summed E-state index contributed by atoms with van der Waals surface area (Å²) in [6.07, 6.45) is 99.8. The second-order valence-electron chi connectivity index (χ2n) is 26.9. The molecule has 17 nitrogen and oxygen atoms in total. The van der Waals surface area contributed by atoms with Crippen molar-refractivity contribution < 1.29 is 80.2 Å². The van der Waals surface area contributed by atoms with Crippen LogP contribution in [0.3, 0.4) is 0 Å². The van der Waals surface area contributed by atoms with Crippen molar-refractivity contribution in [1.29, 1.82) is 0 Å². The Morgan fingerprint density at radius 3 is 0.827 bits per heavy atom. The van der Waals surface area contributed by atoms with E-state index in [1.54, 1.807) is 0 Å². The van der Waals surface area contributed by atoms with Gasteiger partial charge in [-0.05, 0) is 173 Å². The summed E-state index contributed by atoms with van der Waals surface area (Å²) >= 11 is 0. The predicted octanol–water partition coefficient (Wildman–Crippen LogP) is 24.9. The van der Waals surface area contributed by atoms with Crippen molar-refractivity contribution in [3.8, 4) is 0 Å². The third-order valence-corrected chi connectivity index (χ3v) is 18.4. The molecule has 0 fully saturated rings. The van der Waals surface area contributed by atoms with Crippen molar-refractivity contribution in [2.24, 2.45) is 0 Å². The maximum atomic E-state index is 13.1. The largest absolute Gasteiger partial charge is 0.472 e. The molecule has 5 unspecified atom stereocenters. The highest BCUT2D eigenvalue weighted by molar-refractivity contribution is 7.47. The third kappa shape index (κ3) is 80.0. The van der Waals surface area contributed by atoms with Crippen molar-refractivity contribution >= 4 is 39.5 Å². The summed E-state index contributed by atoms with van der Waals surface area (Å²) in [6, 6.07) is 0. The van der Waals surface area contributed by atoms with E-state index in [0.29, 0.717) is 32.1 Å².